The molecule has 0 amide bonds. The second kappa shape index (κ2) is 5.64. The molecule has 1 N–H and O–H groups in total. The summed E-state index contributed by atoms with van der Waals surface area (Å²) in [5, 5.41) is 9.45. The van der Waals surface area contributed by atoms with E-state index in [1.165, 1.54) is 6.42 Å². The number of anilines is 1. The molecule has 0 radical (unpaired) electrons. The van der Waals surface area contributed by atoms with Gasteiger partial charge in [0, 0.05) is 13.1 Å². The van der Waals surface area contributed by atoms with Crippen LogP contribution < -0.4 is 4.90 Å². The molecule has 2 heterocycles. The summed E-state index contributed by atoms with van der Waals surface area (Å²) in [5.41, 5.74) is 2.55. The van der Waals surface area contributed by atoms with Crippen molar-refractivity contribution in [2.75, 3.05) is 18.0 Å². The maximum Gasteiger partial charge on any atom is 0.372 e. The summed E-state index contributed by atoms with van der Waals surface area (Å²) < 4.78 is 5.57. The standard InChI is InChI=1S/C17H19NO3/c1-12-15(18-10-6-3-7-11-18)14(16(21-12)17(19)20)13-8-4-2-5-9-13/h2,4-5,8-9H,3,6-7,10-11H2,1H3,(H,19,20). The lowest BCUT2D eigenvalue weighted by atomic mass is 10.0. The van der Waals surface area contributed by atoms with Crippen LogP contribution in [0, 0.1) is 6.92 Å². The summed E-state index contributed by atoms with van der Waals surface area (Å²) in [5.74, 6) is -0.285. The van der Waals surface area contributed by atoms with Crippen LogP contribution in [0.4, 0.5) is 5.69 Å². The largest absolute Gasteiger partial charge is 0.475 e. The van der Waals surface area contributed by atoms with Crippen molar-refractivity contribution < 1.29 is 14.3 Å². The zero-order valence-electron chi connectivity index (χ0n) is 12.1. The quantitative estimate of drug-likeness (QED) is 0.928. The van der Waals surface area contributed by atoms with Gasteiger partial charge < -0.3 is 14.4 Å². The highest BCUT2D eigenvalue weighted by Gasteiger charge is 2.28. The molecule has 0 bridgehead atoms. The van der Waals surface area contributed by atoms with Crippen molar-refractivity contribution in [2.24, 2.45) is 0 Å². The molecule has 4 heteroatoms. The van der Waals surface area contributed by atoms with Crippen molar-refractivity contribution in [3.05, 3.63) is 41.9 Å². The molecule has 21 heavy (non-hydrogen) atoms. The Balaban J connectivity index is 2.16. The second-order valence-corrected chi connectivity index (χ2v) is 5.43. The Hall–Kier alpha value is -2.23. The number of furan rings is 1. The maximum absolute atomic E-state index is 11.5. The molecule has 0 spiro atoms. The van der Waals surface area contributed by atoms with Gasteiger partial charge in [-0.15, -0.1) is 0 Å². The van der Waals surface area contributed by atoms with E-state index in [9.17, 15) is 9.90 Å². The molecule has 0 saturated carbocycles. The molecule has 4 nitrogen and oxygen atoms in total. The highest BCUT2D eigenvalue weighted by Crippen LogP contribution is 2.40. The van der Waals surface area contributed by atoms with Gasteiger partial charge in [0.25, 0.3) is 0 Å². The van der Waals surface area contributed by atoms with Gasteiger partial charge in [-0.2, -0.15) is 0 Å². The maximum atomic E-state index is 11.5. The average molecular weight is 285 g/mol. The third kappa shape index (κ3) is 2.53. The predicted octanol–water partition coefficient (Wildman–Crippen LogP) is 3.94. The number of aryl methyl sites for hydroxylation is 1. The summed E-state index contributed by atoms with van der Waals surface area (Å²) in [7, 11) is 0. The van der Waals surface area contributed by atoms with E-state index >= 15 is 0 Å². The summed E-state index contributed by atoms with van der Waals surface area (Å²) in [4.78, 5) is 13.8. The monoisotopic (exact) mass is 285 g/mol. The van der Waals surface area contributed by atoms with E-state index in [2.05, 4.69) is 4.90 Å². The fraction of sp³-hybridized carbons (Fsp3) is 0.353. The molecule has 0 aliphatic carbocycles. The molecule has 0 atom stereocenters. The van der Waals surface area contributed by atoms with E-state index in [0.717, 1.165) is 37.2 Å². The topological polar surface area (TPSA) is 53.7 Å². The molecule has 1 saturated heterocycles. The van der Waals surface area contributed by atoms with Gasteiger partial charge in [-0.3, -0.25) is 0 Å². The summed E-state index contributed by atoms with van der Waals surface area (Å²) >= 11 is 0. The number of carboxylic acids is 1. The van der Waals surface area contributed by atoms with E-state index in [4.69, 9.17) is 4.42 Å². The van der Waals surface area contributed by atoms with Gasteiger partial charge in [0.1, 0.15) is 5.76 Å². The lowest BCUT2D eigenvalue weighted by molar-refractivity contribution is 0.0662. The number of aromatic carboxylic acids is 1. The number of carbonyl (C=O) groups is 1. The third-order valence-electron chi connectivity index (χ3n) is 3.98. The molecule has 1 aromatic heterocycles. The SMILES string of the molecule is Cc1oc(C(=O)O)c(-c2ccccc2)c1N1CCCCC1. The van der Waals surface area contributed by atoms with Crippen LogP contribution in [0.2, 0.25) is 0 Å². The highest BCUT2D eigenvalue weighted by atomic mass is 16.4. The molecule has 0 unspecified atom stereocenters. The molecule has 1 fully saturated rings. The van der Waals surface area contributed by atoms with Crippen molar-refractivity contribution in [1.29, 1.82) is 0 Å². The van der Waals surface area contributed by atoms with Gasteiger partial charge in [0.15, 0.2) is 0 Å². The van der Waals surface area contributed by atoms with Gasteiger partial charge in [-0.05, 0) is 31.7 Å². The minimum atomic E-state index is -1.01. The van der Waals surface area contributed by atoms with Crippen molar-refractivity contribution in [2.45, 2.75) is 26.2 Å². The second-order valence-electron chi connectivity index (χ2n) is 5.43. The molecule has 1 aliphatic heterocycles. The minimum Gasteiger partial charge on any atom is -0.475 e. The zero-order chi connectivity index (χ0) is 14.8. The van der Waals surface area contributed by atoms with Crippen molar-refractivity contribution in [3.63, 3.8) is 0 Å². The van der Waals surface area contributed by atoms with Crippen LogP contribution in [0.3, 0.4) is 0 Å². The molecule has 110 valence electrons. The first-order chi connectivity index (χ1) is 10.2. The Morgan fingerprint density at radius 3 is 2.43 bits per heavy atom. The Morgan fingerprint density at radius 2 is 1.81 bits per heavy atom. The summed E-state index contributed by atoms with van der Waals surface area (Å²) in [6.07, 6.45) is 3.52. The summed E-state index contributed by atoms with van der Waals surface area (Å²) in [6.45, 7) is 3.77. The van der Waals surface area contributed by atoms with E-state index in [1.807, 2.05) is 37.3 Å². The number of piperidine rings is 1. The Labute approximate surface area is 124 Å². The number of carboxylic acid groups (broad SMARTS) is 1. The van der Waals surface area contributed by atoms with Crippen LogP contribution in [0.5, 0.6) is 0 Å². The highest BCUT2D eigenvalue weighted by molar-refractivity contribution is 5.98. The smallest absolute Gasteiger partial charge is 0.372 e. The molecule has 3 rings (SSSR count). The van der Waals surface area contributed by atoms with Crippen LogP contribution in [0.1, 0.15) is 35.6 Å². The Kier molecular flexibility index (Phi) is 3.69. The van der Waals surface area contributed by atoms with Crippen molar-refractivity contribution in [3.8, 4) is 11.1 Å². The van der Waals surface area contributed by atoms with Gasteiger partial charge in [0.2, 0.25) is 5.76 Å². The molecular weight excluding hydrogens is 266 g/mol. The van der Waals surface area contributed by atoms with E-state index in [0.29, 0.717) is 11.3 Å². The molecule has 1 aliphatic rings. The zero-order valence-corrected chi connectivity index (χ0v) is 12.1. The van der Waals surface area contributed by atoms with Crippen LogP contribution in [0.15, 0.2) is 34.7 Å². The van der Waals surface area contributed by atoms with E-state index < -0.39 is 5.97 Å². The van der Waals surface area contributed by atoms with Gasteiger partial charge in [-0.25, -0.2) is 4.79 Å². The normalized spacial score (nSPS) is 15.2. The van der Waals surface area contributed by atoms with Gasteiger partial charge in [0.05, 0.1) is 11.3 Å². The first-order valence-electron chi connectivity index (χ1n) is 7.35. The number of hydrogen-bond donors (Lipinski definition) is 1. The fourth-order valence-electron chi connectivity index (χ4n) is 3.06. The minimum absolute atomic E-state index is 0.0410. The van der Waals surface area contributed by atoms with Crippen molar-refractivity contribution >= 4 is 11.7 Å². The lowest BCUT2D eigenvalue weighted by Gasteiger charge is -2.29. The van der Waals surface area contributed by atoms with Gasteiger partial charge >= 0.3 is 5.97 Å². The summed E-state index contributed by atoms with van der Waals surface area (Å²) in [6, 6.07) is 9.64. The average Bonchev–Trinajstić information content (AvgIpc) is 2.87. The number of benzene rings is 1. The number of hydrogen-bond acceptors (Lipinski definition) is 3. The van der Waals surface area contributed by atoms with Crippen LogP contribution in [-0.2, 0) is 0 Å². The van der Waals surface area contributed by atoms with Crippen LogP contribution >= 0.6 is 0 Å². The molecule has 1 aromatic carbocycles. The van der Waals surface area contributed by atoms with E-state index in [-0.39, 0.29) is 5.76 Å². The first kappa shape index (κ1) is 13.7. The predicted molar refractivity (Wildman–Crippen MR) is 81.9 cm³/mol. The van der Waals surface area contributed by atoms with Crippen LogP contribution in [0.25, 0.3) is 11.1 Å². The third-order valence-corrected chi connectivity index (χ3v) is 3.98. The van der Waals surface area contributed by atoms with Gasteiger partial charge in [-0.1, -0.05) is 30.3 Å². The van der Waals surface area contributed by atoms with E-state index in [1.54, 1.807) is 0 Å². The Bertz CT molecular complexity index is 640. The first-order valence-corrected chi connectivity index (χ1v) is 7.35. The number of nitrogens with zero attached hydrogens (tertiary/aromatic N) is 1. The van der Waals surface area contributed by atoms with Crippen molar-refractivity contribution in [1.82, 2.24) is 0 Å². The van der Waals surface area contributed by atoms with Crippen LogP contribution in [-0.4, -0.2) is 24.2 Å². The molecule has 2 aromatic rings. The number of rotatable bonds is 3. The lowest BCUT2D eigenvalue weighted by Crippen LogP contribution is -2.30. The fourth-order valence-corrected chi connectivity index (χ4v) is 3.06. The Morgan fingerprint density at radius 1 is 1.14 bits per heavy atom. The molecular formula is C17H19NO3.